The summed E-state index contributed by atoms with van der Waals surface area (Å²) in [6.07, 6.45) is 0. The molecule has 1 aromatic rings. The fourth-order valence-electron chi connectivity index (χ4n) is 1.16. The molecule has 0 amide bonds. The second kappa shape index (κ2) is 5.54. The highest BCUT2D eigenvalue weighted by Gasteiger charge is 2.20. The number of nitrogens with two attached hydrogens (primary N) is 2. The zero-order valence-electron chi connectivity index (χ0n) is 11.6. The molecule has 1 rings (SSSR count). The van der Waals surface area contributed by atoms with Crippen LogP contribution in [0.15, 0.2) is 18.2 Å². The van der Waals surface area contributed by atoms with Gasteiger partial charge in [-0.25, -0.2) is 0 Å². The molecule has 0 radical (unpaired) electrons. The van der Waals surface area contributed by atoms with Gasteiger partial charge in [0.05, 0.1) is 0 Å². The van der Waals surface area contributed by atoms with Crippen molar-refractivity contribution in [1.82, 2.24) is 4.98 Å². The predicted molar refractivity (Wildman–Crippen MR) is 71.8 cm³/mol. The third-order valence-corrected chi connectivity index (χ3v) is 2.44. The van der Waals surface area contributed by atoms with E-state index < -0.39 is 11.2 Å². The van der Waals surface area contributed by atoms with Crippen LogP contribution in [0.5, 0.6) is 11.8 Å². The molecule has 0 saturated carbocycles. The van der Waals surface area contributed by atoms with Crippen molar-refractivity contribution in [3.8, 4) is 11.8 Å². The van der Waals surface area contributed by atoms with Crippen LogP contribution >= 0.6 is 0 Å². The van der Waals surface area contributed by atoms with Gasteiger partial charge in [0.15, 0.2) is 0 Å². The molecule has 5 heteroatoms. The van der Waals surface area contributed by atoms with Gasteiger partial charge >= 0.3 is 0 Å². The van der Waals surface area contributed by atoms with Crippen molar-refractivity contribution in [2.75, 3.05) is 13.1 Å². The maximum absolute atomic E-state index is 5.69. The minimum absolute atomic E-state index is 0.411. The maximum Gasteiger partial charge on any atom is 0.217 e. The molecule has 0 saturated heterocycles. The molecule has 1 aromatic heterocycles. The summed E-state index contributed by atoms with van der Waals surface area (Å²) in [5.41, 5.74) is 10.3. The molecule has 0 fully saturated rings. The van der Waals surface area contributed by atoms with Crippen molar-refractivity contribution >= 4 is 0 Å². The summed E-state index contributed by atoms with van der Waals surface area (Å²) in [7, 11) is 0. The van der Waals surface area contributed by atoms with Crippen molar-refractivity contribution < 1.29 is 9.47 Å². The van der Waals surface area contributed by atoms with Crippen molar-refractivity contribution in [2.45, 2.75) is 38.9 Å². The van der Waals surface area contributed by atoms with Gasteiger partial charge in [-0.2, -0.15) is 4.98 Å². The van der Waals surface area contributed by atoms with Crippen LogP contribution in [0.4, 0.5) is 0 Å². The van der Waals surface area contributed by atoms with Gasteiger partial charge in [-0.05, 0) is 27.7 Å². The van der Waals surface area contributed by atoms with E-state index in [2.05, 4.69) is 4.98 Å². The number of hydrogen-bond donors (Lipinski definition) is 2. The van der Waals surface area contributed by atoms with Gasteiger partial charge in [0.25, 0.3) is 0 Å². The Morgan fingerprint density at radius 3 is 1.67 bits per heavy atom. The molecule has 1 heterocycles. The van der Waals surface area contributed by atoms with E-state index in [4.69, 9.17) is 20.9 Å². The first-order chi connectivity index (χ1) is 8.28. The highest BCUT2D eigenvalue weighted by molar-refractivity contribution is 5.21. The number of ether oxygens (including phenoxy) is 2. The van der Waals surface area contributed by atoms with Gasteiger partial charge in [0, 0.05) is 25.2 Å². The maximum atomic E-state index is 5.69. The van der Waals surface area contributed by atoms with E-state index in [0.717, 1.165) is 0 Å². The molecule has 0 aromatic carbocycles. The van der Waals surface area contributed by atoms with Crippen molar-refractivity contribution in [3.63, 3.8) is 0 Å². The van der Waals surface area contributed by atoms with Gasteiger partial charge in [-0.15, -0.1) is 0 Å². The zero-order chi connectivity index (χ0) is 13.8. The lowest BCUT2D eigenvalue weighted by atomic mass is 10.1. The molecule has 0 atom stereocenters. The van der Waals surface area contributed by atoms with E-state index in [-0.39, 0.29) is 0 Å². The van der Waals surface area contributed by atoms with Crippen LogP contribution in [0.25, 0.3) is 0 Å². The summed E-state index contributed by atoms with van der Waals surface area (Å²) in [5, 5.41) is 0. The average Bonchev–Trinajstić information content (AvgIpc) is 2.28. The van der Waals surface area contributed by atoms with Crippen LogP contribution in [0, 0.1) is 0 Å². The van der Waals surface area contributed by atoms with E-state index in [1.165, 1.54) is 0 Å². The van der Waals surface area contributed by atoms with Crippen molar-refractivity contribution in [2.24, 2.45) is 11.5 Å². The Kier molecular flexibility index (Phi) is 4.53. The monoisotopic (exact) mass is 253 g/mol. The van der Waals surface area contributed by atoms with Gasteiger partial charge in [0.1, 0.15) is 11.2 Å². The number of aromatic nitrogens is 1. The normalized spacial score (nSPS) is 12.3. The second-order valence-electron chi connectivity index (χ2n) is 5.45. The molecule has 102 valence electrons. The Bertz CT molecular complexity index is 358. The lowest BCUT2D eigenvalue weighted by molar-refractivity contribution is 0.0970. The molecule has 0 aliphatic rings. The molecule has 0 bridgehead atoms. The zero-order valence-corrected chi connectivity index (χ0v) is 11.6. The predicted octanol–water partition coefficient (Wildman–Crippen LogP) is 1.31. The minimum Gasteiger partial charge on any atom is -0.470 e. The first kappa shape index (κ1) is 14.7. The van der Waals surface area contributed by atoms with E-state index >= 15 is 0 Å². The molecule has 18 heavy (non-hydrogen) atoms. The van der Waals surface area contributed by atoms with E-state index in [9.17, 15) is 0 Å². The summed E-state index contributed by atoms with van der Waals surface area (Å²) < 4.78 is 11.4. The lowest BCUT2D eigenvalue weighted by Crippen LogP contribution is -2.38. The molecule has 0 aliphatic carbocycles. The van der Waals surface area contributed by atoms with Crippen LogP contribution in [0.2, 0.25) is 0 Å². The molecular formula is C13H23N3O2. The molecule has 0 spiro atoms. The Labute approximate surface area is 108 Å². The first-order valence-electron chi connectivity index (χ1n) is 6.03. The van der Waals surface area contributed by atoms with Gasteiger partial charge < -0.3 is 20.9 Å². The fraction of sp³-hybridized carbons (Fsp3) is 0.615. The van der Waals surface area contributed by atoms with Gasteiger partial charge in [-0.1, -0.05) is 6.07 Å². The standard InChI is InChI=1S/C13H23N3O2/c1-12(2,8-14)17-10-6-5-7-11(16-10)18-13(3,4)9-15/h5-7H,8-9,14-15H2,1-4H3. The molecular weight excluding hydrogens is 230 g/mol. The number of hydrogen-bond acceptors (Lipinski definition) is 5. The van der Waals surface area contributed by atoms with Gasteiger partial charge in [-0.3, -0.25) is 0 Å². The van der Waals surface area contributed by atoms with Gasteiger partial charge in [0.2, 0.25) is 11.8 Å². The minimum atomic E-state index is -0.449. The summed E-state index contributed by atoms with van der Waals surface area (Å²) in [4.78, 5) is 4.28. The third-order valence-electron chi connectivity index (χ3n) is 2.44. The van der Waals surface area contributed by atoms with E-state index in [0.29, 0.717) is 24.8 Å². The summed E-state index contributed by atoms with van der Waals surface area (Å²) >= 11 is 0. The van der Waals surface area contributed by atoms with E-state index in [1.54, 1.807) is 12.1 Å². The number of pyridine rings is 1. The second-order valence-corrected chi connectivity index (χ2v) is 5.45. The highest BCUT2D eigenvalue weighted by atomic mass is 16.5. The quantitative estimate of drug-likeness (QED) is 0.798. The molecule has 0 unspecified atom stereocenters. The van der Waals surface area contributed by atoms with Crippen molar-refractivity contribution in [3.05, 3.63) is 18.2 Å². The number of rotatable bonds is 6. The topological polar surface area (TPSA) is 83.4 Å². The fourth-order valence-corrected chi connectivity index (χ4v) is 1.16. The first-order valence-corrected chi connectivity index (χ1v) is 6.03. The largest absolute Gasteiger partial charge is 0.470 e. The lowest BCUT2D eigenvalue weighted by Gasteiger charge is -2.26. The van der Waals surface area contributed by atoms with Crippen LogP contribution in [0.1, 0.15) is 27.7 Å². The third kappa shape index (κ3) is 4.50. The summed E-state index contributed by atoms with van der Waals surface area (Å²) in [6.45, 7) is 8.46. The molecule has 0 aliphatic heterocycles. The van der Waals surface area contributed by atoms with Crippen LogP contribution in [0.3, 0.4) is 0 Å². The SMILES string of the molecule is CC(C)(CN)Oc1cccc(OC(C)(C)CN)n1. The van der Waals surface area contributed by atoms with Crippen LogP contribution in [-0.4, -0.2) is 29.3 Å². The van der Waals surface area contributed by atoms with E-state index in [1.807, 2.05) is 33.8 Å². The molecule has 4 N–H and O–H groups in total. The Hall–Kier alpha value is -1.33. The molecule has 5 nitrogen and oxygen atoms in total. The Morgan fingerprint density at radius 2 is 1.33 bits per heavy atom. The summed E-state index contributed by atoms with van der Waals surface area (Å²) in [6, 6.07) is 5.39. The van der Waals surface area contributed by atoms with Crippen molar-refractivity contribution in [1.29, 1.82) is 0 Å². The highest BCUT2D eigenvalue weighted by Crippen LogP contribution is 2.21. The summed E-state index contributed by atoms with van der Waals surface area (Å²) in [5.74, 6) is 0.992. The average molecular weight is 253 g/mol. The Morgan fingerprint density at radius 1 is 0.944 bits per heavy atom. The van der Waals surface area contributed by atoms with Crippen LogP contribution in [-0.2, 0) is 0 Å². The smallest absolute Gasteiger partial charge is 0.217 e. The number of nitrogens with zero attached hydrogens (tertiary/aromatic N) is 1. The van der Waals surface area contributed by atoms with Crippen LogP contribution < -0.4 is 20.9 Å². The Balaban J connectivity index is 2.80.